The van der Waals surface area contributed by atoms with Gasteiger partial charge in [0, 0.05) is 0 Å². The summed E-state index contributed by atoms with van der Waals surface area (Å²) < 4.78 is 4.92. The summed E-state index contributed by atoms with van der Waals surface area (Å²) in [6, 6.07) is 8.67. The van der Waals surface area contributed by atoms with Gasteiger partial charge in [-0.2, -0.15) is 5.48 Å². The van der Waals surface area contributed by atoms with Crippen LogP contribution in [0.5, 0.6) is 0 Å². The van der Waals surface area contributed by atoms with Gasteiger partial charge in [0.1, 0.15) is 12.6 Å². The second-order valence-corrected chi connectivity index (χ2v) is 2.94. The maximum absolute atomic E-state index is 11.1. The van der Waals surface area contributed by atoms with Gasteiger partial charge >= 0.3 is 5.97 Å². The SMILES string of the molecule is CC(NO)C(=O)OCc1ccccc1. The Labute approximate surface area is 82.5 Å². The van der Waals surface area contributed by atoms with Crippen molar-refractivity contribution in [3.8, 4) is 0 Å². The molecule has 0 aliphatic rings. The van der Waals surface area contributed by atoms with Gasteiger partial charge in [-0.15, -0.1) is 0 Å². The molecule has 1 aromatic rings. The van der Waals surface area contributed by atoms with Gasteiger partial charge in [0.15, 0.2) is 0 Å². The number of carbonyl (C=O) groups is 1. The summed E-state index contributed by atoms with van der Waals surface area (Å²) in [6.07, 6.45) is 0. The third-order valence-corrected chi connectivity index (χ3v) is 1.77. The fourth-order valence-corrected chi connectivity index (χ4v) is 0.906. The van der Waals surface area contributed by atoms with Crippen LogP contribution in [0, 0.1) is 0 Å². The highest BCUT2D eigenvalue weighted by atomic mass is 16.5. The van der Waals surface area contributed by atoms with Crippen LogP contribution >= 0.6 is 0 Å². The first kappa shape index (κ1) is 10.7. The standard InChI is InChI=1S/C10H13NO3/c1-8(11-13)10(12)14-7-9-5-3-2-4-6-9/h2-6,8,11,13H,7H2,1H3. The molecular weight excluding hydrogens is 182 g/mol. The van der Waals surface area contributed by atoms with Crippen molar-refractivity contribution in [3.63, 3.8) is 0 Å². The van der Waals surface area contributed by atoms with Crippen molar-refractivity contribution in [1.82, 2.24) is 5.48 Å². The minimum Gasteiger partial charge on any atom is -0.460 e. The molecule has 1 rings (SSSR count). The largest absolute Gasteiger partial charge is 0.460 e. The summed E-state index contributed by atoms with van der Waals surface area (Å²) in [5, 5.41) is 8.45. The maximum Gasteiger partial charge on any atom is 0.325 e. The molecule has 0 aliphatic carbocycles. The summed E-state index contributed by atoms with van der Waals surface area (Å²) in [6.45, 7) is 1.75. The zero-order chi connectivity index (χ0) is 10.4. The molecule has 0 aromatic heterocycles. The molecule has 4 heteroatoms. The van der Waals surface area contributed by atoms with Crippen molar-refractivity contribution in [1.29, 1.82) is 0 Å². The Morgan fingerprint density at radius 2 is 2.14 bits per heavy atom. The lowest BCUT2D eigenvalue weighted by Gasteiger charge is -2.09. The highest BCUT2D eigenvalue weighted by Crippen LogP contribution is 2.01. The van der Waals surface area contributed by atoms with Crippen LogP contribution in [0.25, 0.3) is 0 Å². The quantitative estimate of drug-likeness (QED) is 0.558. The fraction of sp³-hybridized carbons (Fsp3) is 0.300. The maximum atomic E-state index is 11.1. The van der Waals surface area contributed by atoms with Crippen LogP contribution in [0.3, 0.4) is 0 Å². The average molecular weight is 195 g/mol. The number of esters is 1. The predicted octanol–water partition coefficient (Wildman–Crippen LogP) is 1.10. The summed E-state index contributed by atoms with van der Waals surface area (Å²) >= 11 is 0. The molecule has 14 heavy (non-hydrogen) atoms. The monoisotopic (exact) mass is 195 g/mol. The van der Waals surface area contributed by atoms with E-state index >= 15 is 0 Å². The third kappa shape index (κ3) is 3.16. The molecule has 76 valence electrons. The number of nitrogens with one attached hydrogen (secondary N) is 1. The third-order valence-electron chi connectivity index (χ3n) is 1.77. The lowest BCUT2D eigenvalue weighted by Crippen LogP contribution is -2.32. The van der Waals surface area contributed by atoms with E-state index in [2.05, 4.69) is 0 Å². The molecule has 2 N–H and O–H groups in total. The first-order valence-electron chi connectivity index (χ1n) is 4.34. The Morgan fingerprint density at radius 3 is 2.71 bits per heavy atom. The van der Waals surface area contributed by atoms with E-state index in [0.29, 0.717) is 0 Å². The van der Waals surface area contributed by atoms with E-state index < -0.39 is 12.0 Å². The van der Waals surface area contributed by atoms with Crippen LogP contribution < -0.4 is 5.48 Å². The van der Waals surface area contributed by atoms with Crippen LogP contribution in [0.4, 0.5) is 0 Å². The Balaban J connectivity index is 2.38. The number of benzene rings is 1. The van der Waals surface area contributed by atoms with Gasteiger partial charge < -0.3 is 9.94 Å². The van der Waals surface area contributed by atoms with Gasteiger partial charge in [0.2, 0.25) is 0 Å². The molecule has 0 bridgehead atoms. The van der Waals surface area contributed by atoms with Gasteiger partial charge in [0.05, 0.1) is 0 Å². The molecule has 0 radical (unpaired) electrons. The van der Waals surface area contributed by atoms with E-state index in [-0.39, 0.29) is 6.61 Å². The summed E-state index contributed by atoms with van der Waals surface area (Å²) in [5.74, 6) is -0.476. The molecule has 0 saturated heterocycles. The van der Waals surface area contributed by atoms with Crippen molar-refractivity contribution in [2.24, 2.45) is 0 Å². The van der Waals surface area contributed by atoms with Gasteiger partial charge in [-0.05, 0) is 12.5 Å². The van der Waals surface area contributed by atoms with E-state index in [9.17, 15) is 4.79 Å². The van der Waals surface area contributed by atoms with Crippen molar-refractivity contribution in [3.05, 3.63) is 35.9 Å². The normalized spacial score (nSPS) is 12.1. The lowest BCUT2D eigenvalue weighted by molar-refractivity contribution is -0.149. The lowest BCUT2D eigenvalue weighted by atomic mass is 10.2. The number of ether oxygens (including phenoxy) is 1. The van der Waals surface area contributed by atoms with Gasteiger partial charge in [-0.1, -0.05) is 30.3 Å². The first-order valence-corrected chi connectivity index (χ1v) is 4.34. The van der Waals surface area contributed by atoms with Gasteiger partial charge in [-0.25, -0.2) is 0 Å². The molecule has 1 aromatic carbocycles. The predicted molar refractivity (Wildman–Crippen MR) is 50.6 cm³/mol. The summed E-state index contributed by atoms with van der Waals surface area (Å²) in [4.78, 5) is 11.1. The highest BCUT2D eigenvalue weighted by molar-refractivity contribution is 5.74. The highest BCUT2D eigenvalue weighted by Gasteiger charge is 2.12. The number of hydrogen-bond acceptors (Lipinski definition) is 4. The van der Waals surface area contributed by atoms with Gasteiger partial charge in [0.25, 0.3) is 0 Å². The van der Waals surface area contributed by atoms with Crippen LogP contribution in [0.15, 0.2) is 30.3 Å². The molecule has 1 atom stereocenters. The molecule has 0 aliphatic heterocycles. The molecular formula is C10H13NO3. The topological polar surface area (TPSA) is 58.6 Å². The van der Waals surface area contributed by atoms with Crippen LogP contribution in [0.2, 0.25) is 0 Å². The molecule has 0 fully saturated rings. The minimum absolute atomic E-state index is 0.228. The van der Waals surface area contributed by atoms with Crippen molar-refractivity contribution in [2.45, 2.75) is 19.6 Å². The number of carbonyl (C=O) groups excluding carboxylic acids is 1. The van der Waals surface area contributed by atoms with E-state index in [1.165, 1.54) is 6.92 Å². The molecule has 0 amide bonds. The second-order valence-electron chi connectivity index (χ2n) is 2.94. The average Bonchev–Trinajstić information content (AvgIpc) is 2.26. The summed E-state index contributed by atoms with van der Waals surface area (Å²) in [5.41, 5.74) is 2.75. The Bertz CT molecular complexity index is 287. The van der Waals surface area contributed by atoms with E-state index in [1.807, 2.05) is 35.8 Å². The second kappa shape index (κ2) is 5.36. The molecule has 0 saturated carbocycles. The Morgan fingerprint density at radius 1 is 1.50 bits per heavy atom. The van der Waals surface area contributed by atoms with Crippen molar-refractivity contribution in [2.75, 3.05) is 0 Å². The Hall–Kier alpha value is -1.39. The molecule has 4 nitrogen and oxygen atoms in total. The zero-order valence-corrected chi connectivity index (χ0v) is 7.93. The number of hydrogen-bond donors (Lipinski definition) is 2. The van der Waals surface area contributed by atoms with Crippen molar-refractivity contribution < 1.29 is 14.7 Å². The Kier molecular flexibility index (Phi) is 4.10. The first-order chi connectivity index (χ1) is 6.74. The van der Waals surface area contributed by atoms with Crippen LogP contribution in [0.1, 0.15) is 12.5 Å². The van der Waals surface area contributed by atoms with Gasteiger partial charge in [-0.3, -0.25) is 4.79 Å². The van der Waals surface area contributed by atoms with Crippen LogP contribution in [-0.2, 0) is 16.1 Å². The molecule has 1 unspecified atom stereocenters. The smallest absolute Gasteiger partial charge is 0.325 e. The number of hydroxylamine groups is 1. The molecule has 0 spiro atoms. The molecule has 0 heterocycles. The summed E-state index contributed by atoms with van der Waals surface area (Å²) in [7, 11) is 0. The number of rotatable bonds is 4. The van der Waals surface area contributed by atoms with E-state index in [1.54, 1.807) is 0 Å². The van der Waals surface area contributed by atoms with E-state index in [0.717, 1.165) is 5.56 Å². The van der Waals surface area contributed by atoms with Crippen molar-refractivity contribution >= 4 is 5.97 Å². The minimum atomic E-state index is -0.696. The van der Waals surface area contributed by atoms with Crippen LogP contribution in [-0.4, -0.2) is 17.2 Å². The fourth-order valence-electron chi connectivity index (χ4n) is 0.906. The van der Waals surface area contributed by atoms with E-state index in [4.69, 9.17) is 9.94 Å². The zero-order valence-electron chi connectivity index (χ0n) is 7.93.